The smallest absolute Gasteiger partial charge is 0.269 e. The minimum absolute atomic E-state index is 0.0189. The Labute approximate surface area is 276 Å². The molecule has 0 unspecified atom stereocenters. The van der Waals surface area contributed by atoms with E-state index < -0.39 is 114 Å². The highest BCUT2D eigenvalue weighted by Gasteiger charge is 2.74. The van der Waals surface area contributed by atoms with E-state index in [0.29, 0.717) is 16.2 Å². The first kappa shape index (κ1) is 35.1. The molecule has 0 saturated heterocycles. The van der Waals surface area contributed by atoms with Crippen molar-refractivity contribution in [1.29, 1.82) is 0 Å². The molecule has 7 rings (SSSR count). The second kappa shape index (κ2) is 10.2. The molecule has 6 aromatic rings. The minimum Gasteiger partial charge on any atom is -0.269 e. The predicted molar refractivity (Wildman–Crippen MR) is 154 cm³/mol. The Kier molecular flexibility index (Phi) is 6.88. The molecule has 2 heterocycles. The van der Waals surface area contributed by atoms with Crippen LogP contribution in [0.1, 0.15) is 20.7 Å². The molecule has 0 N–H and O–H groups in total. The molecule has 0 bridgehead atoms. The van der Waals surface area contributed by atoms with Gasteiger partial charge in [0.05, 0.1) is 29.4 Å². The number of carbonyl (C=O) groups is 2. The highest BCUT2D eigenvalue weighted by molar-refractivity contribution is 6.44. The van der Waals surface area contributed by atoms with Crippen molar-refractivity contribution in [1.82, 2.24) is 9.47 Å². The summed E-state index contributed by atoms with van der Waals surface area (Å²) in [7, 11) is 0. The van der Waals surface area contributed by atoms with Gasteiger partial charge in [0.1, 0.15) is 0 Å². The van der Waals surface area contributed by atoms with Crippen LogP contribution >= 0.6 is 0 Å². The quantitative estimate of drug-likeness (QED) is 0.0746. The Balaban J connectivity index is 1.63. The van der Waals surface area contributed by atoms with Gasteiger partial charge in [0.15, 0.2) is 0 Å². The van der Waals surface area contributed by atoms with Gasteiger partial charge < -0.3 is 0 Å². The molecule has 0 aliphatic carbocycles. The van der Waals surface area contributed by atoms with E-state index >= 15 is 0 Å². The number of fused-ring (bicyclic) bond motifs is 5. The van der Waals surface area contributed by atoms with E-state index in [1.54, 1.807) is 12.1 Å². The van der Waals surface area contributed by atoms with E-state index in [9.17, 15) is 80.6 Å². The summed E-state index contributed by atoms with van der Waals surface area (Å²) in [5.41, 5.74) is -6.37. The Hall–Kier alpha value is -5.30. The summed E-state index contributed by atoms with van der Waals surface area (Å²) in [4.78, 5) is 54.2. The van der Waals surface area contributed by atoms with Gasteiger partial charge in [-0.2, -0.15) is 61.5 Å². The van der Waals surface area contributed by atoms with Gasteiger partial charge in [-0.3, -0.25) is 28.6 Å². The zero-order valence-electron chi connectivity index (χ0n) is 24.9. The molecule has 52 heavy (non-hydrogen) atoms. The molecule has 272 valence electrons. The summed E-state index contributed by atoms with van der Waals surface area (Å²) in [5, 5.41) is -2.92. The number of nitrogens with zero attached hydrogens (tertiary/aromatic N) is 2. The fraction of sp³-hybridized carbons (Fsp3) is 0.250. The molecule has 0 fully saturated rings. The number of alkyl halides is 14. The second-order valence-electron chi connectivity index (χ2n) is 12.1. The number of hydrogen-bond donors (Lipinski definition) is 0. The monoisotopic (exact) mass is 754 g/mol. The minimum atomic E-state index is -6.93. The van der Waals surface area contributed by atoms with Crippen LogP contribution in [0.3, 0.4) is 0 Å². The van der Waals surface area contributed by atoms with Gasteiger partial charge in [0, 0.05) is 16.3 Å². The van der Waals surface area contributed by atoms with Crippen LogP contribution in [0.4, 0.5) is 61.5 Å². The van der Waals surface area contributed by atoms with Crippen molar-refractivity contribution >= 4 is 65.7 Å². The van der Waals surface area contributed by atoms with E-state index in [1.165, 1.54) is 24.3 Å². The lowest BCUT2D eigenvalue weighted by atomic mass is 9.82. The van der Waals surface area contributed by atoms with E-state index in [2.05, 4.69) is 0 Å². The molecule has 1 aliphatic rings. The van der Waals surface area contributed by atoms with Crippen LogP contribution in [0.15, 0.2) is 58.1 Å². The van der Waals surface area contributed by atoms with E-state index in [4.69, 9.17) is 0 Å². The van der Waals surface area contributed by atoms with Crippen LogP contribution in [0.5, 0.6) is 0 Å². The third-order valence-corrected chi connectivity index (χ3v) is 9.12. The zero-order chi connectivity index (χ0) is 38.5. The van der Waals surface area contributed by atoms with Crippen molar-refractivity contribution in [3.05, 3.63) is 80.4 Å². The van der Waals surface area contributed by atoms with Gasteiger partial charge in [0.2, 0.25) is 0 Å². The standard InChI is InChI=1S/C32H12F14N2O4/c33-27(34,29(37,38)31(41,42)43)9-47-23(49)15-8-7-13-12-5-1-3-11-4-2-6-14(16(11)12)18-17(13)19(15)21(24(47)50)22-20(18)25(51)48(26(22)52)10-28(35,36)30(39,40)32(44,45)46/h1-8H,9-10H2. The highest BCUT2D eigenvalue weighted by Crippen LogP contribution is 2.51. The molecule has 1 aliphatic heterocycles. The van der Waals surface area contributed by atoms with Crippen LogP contribution in [0.25, 0.3) is 53.9 Å². The topological polar surface area (TPSA) is 76.5 Å². The molecule has 1 aromatic heterocycles. The number of rotatable bonds is 6. The molecule has 0 radical (unpaired) electrons. The van der Waals surface area contributed by atoms with Crippen LogP contribution in [0, 0.1) is 0 Å². The largest absolute Gasteiger partial charge is 0.459 e. The van der Waals surface area contributed by atoms with Gasteiger partial charge in [0.25, 0.3) is 22.9 Å². The number of halogens is 14. The summed E-state index contributed by atoms with van der Waals surface area (Å²) < 4.78 is 192. The molecule has 5 aromatic carbocycles. The fourth-order valence-electron chi connectivity index (χ4n) is 6.74. The van der Waals surface area contributed by atoms with Crippen LogP contribution in [0.2, 0.25) is 0 Å². The van der Waals surface area contributed by atoms with Gasteiger partial charge in [-0.05, 0) is 38.4 Å². The number of imide groups is 1. The van der Waals surface area contributed by atoms with Gasteiger partial charge >= 0.3 is 36.0 Å². The molecule has 0 saturated carbocycles. The van der Waals surface area contributed by atoms with Crippen molar-refractivity contribution in [2.24, 2.45) is 0 Å². The van der Waals surface area contributed by atoms with Crippen molar-refractivity contribution in [3.63, 3.8) is 0 Å². The third-order valence-electron chi connectivity index (χ3n) is 9.12. The number of aromatic nitrogens is 1. The molecule has 20 heteroatoms. The first-order valence-corrected chi connectivity index (χ1v) is 14.3. The summed E-state index contributed by atoms with van der Waals surface area (Å²) in [5.74, 6) is -30.3. The van der Waals surface area contributed by atoms with Gasteiger partial charge in [-0.25, -0.2) is 0 Å². The van der Waals surface area contributed by atoms with Crippen LogP contribution in [-0.4, -0.2) is 63.9 Å². The predicted octanol–water partition coefficient (Wildman–Crippen LogP) is 8.11. The third kappa shape index (κ3) is 4.25. The number of hydrogen-bond acceptors (Lipinski definition) is 4. The average molecular weight is 754 g/mol. The first-order chi connectivity index (χ1) is 23.8. The number of carbonyl (C=O) groups excluding carboxylic acids is 2. The summed E-state index contributed by atoms with van der Waals surface area (Å²) in [6, 6.07) is 10.7. The molecule has 0 atom stereocenters. The fourth-order valence-corrected chi connectivity index (χ4v) is 6.74. The summed E-state index contributed by atoms with van der Waals surface area (Å²) in [6.45, 7) is -5.95. The van der Waals surface area contributed by atoms with E-state index in [0.717, 1.165) is 12.1 Å². The van der Waals surface area contributed by atoms with Crippen molar-refractivity contribution < 1.29 is 71.1 Å². The molecular weight excluding hydrogens is 742 g/mol. The number of amides is 2. The van der Waals surface area contributed by atoms with Crippen molar-refractivity contribution in [2.45, 2.75) is 42.6 Å². The molecular formula is C32H12F14N2O4. The zero-order valence-corrected chi connectivity index (χ0v) is 24.9. The molecule has 2 amide bonds. The Bertz CT molecular complexity index is 2660. The maximum Gasteiger partial charge on any atom is 0.459 e. The summed E-state index contributed by atoms with van der Waals surface area (Å²) >= 11 is 0. The normalized spacial score (nSPS) is 15.5. The van der Waals surface area contributed by atoms with Crippen LogP contribution < -0.4 is 11.1 Å². The van der Waals surface area contributed by atoms with E-state index in [1.807, 2.05) is 0 Å². The van der Waals surface area contributed by atoms with Gasteiger partial charge in [-0.1, -0.05) is 42.5 Å². The first-order valence-electron chi connectivity index (χ1n) is 14.3. The molecule has 6 nitrogen and oxygen atoms in total. The SMILES string of the molecule is O=C1c2ccc3c4cccc5cccc(c54)c4c5c(=O)n(CC(F)(F)C(F)(F)C(F)(F)F)c(=O)c5c(c2c34)C(=O)N1CC(F)(F)C(F)(F)C(F)(F)F. The Morgan fingerprint density at radius 2 is 0.942 bits per heavy atom. The lowest BCUT2D eigenvalue weighted by Gasteiger charge is -2.34. The number of benzene rings is 5. The second-order valence-corrected chi connectivity index (χ2v) is 12.1. The van der Waals surface area contributed by atoms with Crippen LogP contribution in [-0.2, 0) is 6.54 Å². The highest BCUT2D eigenvalue weighted by atomic mass is 19.4. The van der Waals surface area contributed by atoms with Crippen molar-refractivity contribution in [2.75, 3.05) is 6.54 Å². The lowest BCUT2D eigenvalue weighted by molar-refractivity contribution is -0.357. The maximum atomic E-state index is 14.7. The average Bonchev–Trinajstić information content (AvgIpc) is 3.27. The van der Waals surface area contributed by atoms with Gasteiger partial charge in [-0.15, -0.1) is 0 Å². The maximum absolute atomic E-state index is 14.7. The summed E-state index contributed by atoms with van der Waals surface area (Å²) in [6.07, 6.45) is -13.9. The van der Waals surface area contributed by atoms with E-state index in [-0.39, 0.29) is 16.2 Å². The Morgan fingerprint density at radius 3 is 1.50 bits per heavy atom. The Morgan fingerprint density at radius 1 is 0.462 bits per heavy atom. The van der Waals surface area contributed by atoms with Crippen molar-refractivity contribution in [3.8, 4) is 0 Å². The lowest BCUT2D eigenvalue weighted by Crippen LogP contribution is -2.59. The molecule has 0 spiro atoms.